The van der Waals surface area contributed by atoms with E-state index in [9.17, 15) is 28.8 Å². The van der Waals surface area contributed by atoms with Crippen LogP contribution < -0.4 is 16.0 Å². The number of hydrogen-bond acceptors (Lipinski definition) is 12. The Morgan fingerprint density at radius 3 is 0.969 bits per heavy atom. The number of amides is 3. The van der Waals surface area contributed by atoms with Crippen molar-refractivity contribution in [2.24, 2.45) is 50.5 Å². The second kappa shape index (κ2) is 25.6. The summed E-state index contributed by atoms with van der Waals surface area (Å²) in [7, 11) is 0. The Labute approximate surface area is 380 Å². The van der Waals surface area contributed by atoms with Crippen LogP contribution in [0.15, 0.2) is 15.0 Å². The quantitative estimate of drug-likeness (QED) is 0.0721. The molecule has 0 aromatic rings. The highest BCUT2D eigenvalue weighted by Crippen LogP contribution is 2.39. The molecule has 3 amide bonds. The van der Waals surface area contributed by atoms with Crippen molar-refractivity contribution >= 4 is 36.5 Å². The zero-order chi connectivity index (χ0) is 45.2. The topological polar surface area (TPSA) is 203 Å². The van der Waals surface area contributed by atoms with E-state index in [1.807, 2.05) is 0 Å². The Morgan fingerprint density at radius 2 is 0.703 bits per heavy atom. The first-order valence-corrected chi connectivity index (χ1v) is 25.3. The summed E-state index contributed by atoms with van der Waals surface area (Å²) in [6, 6.07) is 0.173. The highest BCUT2D eigenvalue weighted by molar-refractivity contribution is 5.71. The van der Waals surface area contributed by atoms with Crippen LogP contribution in [0.2, 0.25) is 0 Å². The van der Waals surface area contributed by atoms with Crippen molar-refractivity contribution in [2.45, 2.75) is 229 Å². The molecule has 15 nitrogen and oxygen atoms in total. The molecular weight excluding hydrogens is 817 g/mol. The fourth-order valence-electron chi connectivity index (χ4n) is 12.2. The van der Waals surface area contributed by atoms with Crippen LogP contribution in [-0.4, -0.2) is 85.2 Å². The molecule has 0 aromatic carbocycles. The molecule has 0 saturated heterocycles. The van der Waals surface area contributed by atoms with Gasteiger partial charge in [0.15, 0.2) is 6.61 Å². The molecule has 0 heterocycles. The normalized spacial score (nSPS) is 34.1. The number of rotatable bonds is 17. The summed E-state index contributed by atoms with van der Waals surface area (Å²) < 4.78 is 17.7. The van der Waals surface area contributed by atoms with Gasteiger partial charge in [-0.1, -0.05) is 6.92 Å². The molecule has 3 N–H and O–H groups in total. The minimum atomic E-state index is -1.83. The van der Waals surface area contributed by atoms with Gasteiger partial charge in [-0.15, -0.1) is 0 Å². The summed E-state index contributed by atoms with van der Waals surface area (Å²) in [5, 5.41) is 9.07. The lowest BCUT2D eigenvalue weighted by Crippen LogP contribution is -2.52. The third-order valence-electron chi connectivity index (χ3n) is 16.2. The van der Waals surface area contributed by atoms with E-state index in [1.54, 1.807) is 25.2 Å². The maximum atomic E-state index is 13.6. The van der Waals surface area contributed by atoms with Crippen LogP contribution in [0, 0.1) is 35.5 Å². The van der Waals surface area contributed by atoms with Crippen LogP contribution >= 0.6 is 0 Å². The smallest absolute Gasteiger partial charge is 0.410 e. The standard InChI is InChI=1S/C49H76N6O9/c1-2-49(63-47(60)54-44-23-11-38(12-24-44)28-35-5-17-41(18-6-35)51-32-57,64-48(61)55-45-25-13-39(14-26-45)29-36-7-19-42(20-8-36)52-33-58)30-62-46(59)53-43-21-9-37(10-22-43)27-34-3-15-40(16-4-34)50-31-56/h34-45H,2-30H2,1H3,(H,53,59)(H,54,60)(H,55,61). The minimum absolute atomic E-state index is 0.0329. The van der Waals surface area contributed by atoms with E-state index in [4.69, 9.17) is 14.2 Å². The third-order valence-corrected chi connectivity index (χ3v) is 16.2. The Bertz CT molecular complexity index is 1540. The molecular formula is C49H76N6O9. The molecule has 356 valence electrons. The number of alkyl carbamates (subject to hydrolysis) is 3. The molecule has 6 aliphatic rings. The number of carbonyl (C=O) groups excluding carboxylic acids is 6. The van der Waals surface area contributed by atoms with Crippen LogP contribution in [0.4, 0.5) is 14.4 Å². The highest BCUT2D eigenvalue weighted by Gasteiger charge is 2.41. The Morgan fingerprint density at radius 1 is 0.438 bits per heavy atom. The maximum Gasteiger partial charge on any atom is 0.410 e. The van der Waals surface area contributed by atoms with Gasteiger partial charge < -0.3 is 30.2 Å². The first kappa shape index (κ1) is 49.4. The number of isocyanates is 3. The molecule has 0 radical (unpaired) electrons. The predicted octanol–water partition coefficient (Wildman–Crippen LogP) is 9.80. The summed E-state index contributed by atoms with van der Waals surface area (Å²) in [6.45, 7) is 1.31. The van der Waals surface area contributed by atoms with Gasteiger partial charge in [0.1, 0.15) is 0 Å². The van der Waals surface area contributed by atoms with Crippen molar-refractivity contribution in [1.82, 2.24) is 16.0 Å². The molecule has 0 aliphatic heterocycles. The molecule has 6 aliphatic carbocycles. The van der Waals surface area contributed by atoms with Crippen LogP contribution in [0.25, 0.3) is 0 Å². The number of aliphatic imine (C=N–C) groups is 3. The zero-order valence-electron chi connectivity index (χ0n) is 38.5. The van der Waals surface area contributed by atoms with Crippen LogP contribution in [0.5, 0.6) is 0 Å². The third kappa shape index (κ3) is 16.1. The van der Waals surface area contributed by atoms with E-state index in [-0.39, 0.29) is 42.7 Å². The van der Waals surface area contributed by atoms with Crippen molar-refractivity contribution in [3.8, 4) is 0 Å². The fourth-order valence-corrected chi connectivity index (χ4v) is 12.2. The molecule has 6 saturated carbocycles. The van der Waals surface area contributed by atoms with Gasteiger partial charge in [-0.05, 0) is 209 Å². The number of carbonyl (C=O) groups is 3. The lowest BCUT2D eigenvalue weighted by Gasteiger charge is -2.36. The molecule has 0 spiro atoms. The number of hydrogen-bond donors (Lipinski definition) is 3. The van der Waals surface area contributed by atoms with Crippen molar-refractivity contribution in [1.29, 1.82) is 0 Å². The minimum Gasteiger partial charge on any atom is -0.441 e. The molecule has 64 heavy (non-hydrogen) atoms. The van der Waals surface area contributed by atoms with Crippen molar-refractivity contribution in [3.63, 3.8) is 0 Å². The Balaban J connectivity index is 0.964. The van der Waals surface area contributed by atoms with E-state index in [0.29, 0.717) is 35.5 Å². The molecule has 0 unspecified atom stereocenters. The van der Waals surface area contributed by atoms with Gasteiger partial charge in [0, 0.05) is 24.5 Å². The van der Waals surface area contributed by atoms with Gasteiger partial charge in [-0.2, -0.15) is 0 Å². The van der Waals surface area contributed by atoms with E-state index < -0.39 is 30.7 Å². The molecule has 0 aromatic heterocycles. The average molecular weight is 893 g/mol. The second-order valence-corrected chi connectivity index (χ2v) is 20.6. The van der Waals surface area contributed by atoms with Crippen molar-refractivity contribution in [2.75, 3.05) is 6.61 Å². The zero-order valence-corrected chi connectivity index (χ0v) is 38.5. The van der Waals surface area contributed by atoms with Gasteiger partial charge >= 0.3 is 18.3 Å². The SMILES string of the molecule is CCC(COC(=O)NC1CCC(CC2CCC(N=C=O)CC2)CC1)(OC(=O)NC1CCC(CC2CCC(N=C=O)CC2)CC1)OC(=O)NC1CCC(CC2CCC(N=C=O)CC2)CC1. The number of ether oxygens (including phenoxy) is 3. The largest absolute Gasteiger partial charge is 0.441 e. The molecule has 6 fully saturated rings. The van der Waals surface area contributed by atoms with Gasteiger partial charge in [-0.3, -0.25) is 0 Å². The average Bonchev–Trinajstić information content (AvgIpc) is 3.30. The molecule has 6 rings (SSSR count). The number of nitrogens with one attached hydrogen (secondary N) is 3. The van der Waals surface area contributed by atoms with Crippen LogP contribution in [0.1, 0.15) is 187 Å². The predicted molar refractivity (Wildman–Crippen MR) is 239 cm³/mol. The molecule has 15 heteroatoms. The first-order chi connectivity index (χ1) is 31.1. The first-order valence-electron chi connectivity index (χ1n) is 25.3. The van der Waals surface area contributed by atoms with Gasteiger partial charge in [0.05, 0.1) is 18.1 Å². The van der Waals surface area contributed by atoms with E-state index in [1.165, 1.54) is 0 Å². The fraction of sp³-hybridized carbons (Fsp3) is 0.878. The van der Waals surface area contributed by atoms with Crippen molar-refractivity contribution < 1.29 is 43.0 Å². The summed E-state index contributed by atoms with van der Waals surface area (Å²) in [5.74, 6) is 1.89. The van der Waals surface area contributed by atoms with Crippen LogP contribution in [0.3, 0.4) is 0 Å². The molecule has 0 atom stereocenters. The van der Waals surface area contributed by atoms with Crippen molar-refractivity contribution in [3.05, 3.63) is 0 Å². The van der Waals surface area contributed by atoms with Gasteiger partial charge in [-0.25, -0.2) is 43.7 Å². The maximum absolute atomic E-state index is 13.6. The monoisotopic (exact) mass is 893 g/mol. The summed E-state index contributed by atoms with van der Waals surface area (Å²) in [5.41, 5.74) is 0. The van der Waals surface area contributed by atoms with Crippen LogP contribution in [-0.2, 0) is 28.6 Å². The highest BCUT2D eigenvalue weighted by atomic mass is 16.8. The van der Waals surface area contributed by atoms with E-state index in [0.717, 1.165) is 173 Å². The summed E-state index contributed by atoms with van der Waals surface area (Å²) in [4.78, 5) is 84.2. The van der Waals surface area contributed by atoms with Gasteiger partial charge in [0.2, 0.25) is 18.2 Å². The lowest BCUT2D eigenvalue weighted by atomic mass is 9.76. The van der Waals surface area contributed by atoms with Gasteiger partial charge in [0.25, 0.3) is 5.79 Å². The van der Waals surface area contributed by atoms with E-state index >= 15 is 0 Å². The van der Waals surface area contributed by atoms with E-state index in [2.05, 4.69) is 30.9 Å². The second-order valence-electron chi connectivity index (χ2n) is 20.6. The summed E-state index contributed by atoms with van der Waals surface area (Å²) >= 11 is 0. The Hall–Kier alpha value is -4.05. The number of nitrogens with zero attached hydrogens (tertiary/aromatic N) is 3. The summed E-state index contributed by atoms with van der Waals surface area (Å²) in [6.07, 6.45) is 29.9. The molecule has 0 bridgehead atoms. The Kier molecular flexibility index (Phi) is 19.7. The lowest BCUT2D eigenvalue weighted by molar-refractivity contribution is -0.188.